The van der Waals surface area contributed by atoms with Gasteiger partial charge in [0.2, 0.25) is 0 Å². The Labute approximate surface area is 144 Å². The van der Waals surface area contributed by atoms with Gasteiger partial charge in [-0.05, 0) is 43.2 Å². The number of rotatable bonds is 5. The molecule has 0 unspecified atom stereocenters. The molecule has 1 saturated carbocycles. The standard InChI is InChI=1S/C18H22F3NO3/c1-12-5-7-15(8-6-12)22-16(23)11-25-17(24)10-13-3-2-4-14(9-13)18(19,20)21/h2-4,9,12,15H,5-8,10-11H2,1H3,(H,22,23). The molecule has 0 bridgehead atoms. The number of carbonyl (C=O) groups is 2. The van der Waals surface area contributed by atoms with Crippen molar-refractivity contribution in [3.8, 4) is 0 Å². The average Bonchev–Trinajstić information content (AvgIpc) is 2.55. The van der Waals surface area contributed by atoms with Crippen LogP contribution in [0.2, 0.25) is 0 Å². The fraction of sp³-hybridized carbons (Fsp3) is 0.556. The summed E-state index contributed by atoms with van der Waals surface area (Å²) in [6, 6.07) is 4.60. The molecule has 0 saturated heterocycles. The lowest BCUT2D eigenvalue weighted by Gasteiger charge is -2.26. The van der Waals surface area contributed by atoms with E-state index in [1.165, 1.54) is 12.1 Å². The molecule has 1 amide bonds. The monoisotopic (exact) mass is 357 g/mol. The second kappa shape index (κ2) is 8.36. The summed E-state index contributed by atoms with van der Waals surface area (Å²) in [5.41, 5.74) is -0.622. The molecule has 1 N–H and O–H groups in total. The Morgan fingerprint density at radius 2 is 1.88 bits per heavy atom. The van der Waals surface area contributed by atoms with Crippen LogP contribution in [0.15, 0.2) is 24.3 Å². The summed E-state index contributed by atoms with van der Waals surface area (Å²) >= 11 is 0. The highest BCUT2D eigenvalue weighted by Gasteiger charge is 2.30. The number of ether oxygens (including phenoxy) is 1. The summed E-state index contributed by atoms with van der Waals surface area (Å²) in [6.07, 6.45) is -0.841. The minimum atomic E-state index is -4.46. The van der Waals surface area contributed by atoms with Crippen molar-refractivity contribution in [3.63, 3.8) is 0 Å². The fourth-order valence-corrected chi connectivity index (χ4v) is 2.90. The highest BCUT2D eigenvalue weighted by atomic mass is 19.4. The molecular formula is C18H22F3NO3. The normalized spacial score (nSPS) is 20.8. The molecule has 1 aliphatic rings. The lowest BCUT2D eigenvalue weighted by atomic mass is 9.87. The fourth-order valence-electron chi connectivity index (χ4n) is 2.90. The van der Waals surface area contributed by atoms with Crippen molar-refractivity contribution in [2.24, 2.45) is 5.92 Å². The number of halogens is 3. The van der Waals surface area contributed by atoms with E-state index in [4.69, 9.17) is 4.74 Å². The Hall–Kier alpha value is -2.05. The summed E-state index contributed by atoms with van der Waals surface area (Å²) in [4.78, 5) is 23.5. The maximum Gasteiger partial charge on any atom is 0.416 e. The number of esters is 1. The van der Waals surface area contributed by atoms with E-state index in [0.29, 0.717) is 5.92 Å². The predicted molar refractivity (Wildman–Crippen MR) is 85.7 cm³/mol. The van der Waals surface area contributed by atoms with Gasteiger partial charge in [0.1, 0.15) is 0 Å². The van der Waals surface area contributed by atoms with Crippen molar-refractivity contribution in [1.82, 2.24) is 5.32 Å². The quantitative estimate of drug-likeness (QED) is 0.821. The summed E-state index contributed by atoms with van der Waals surface area (Å²) in [5, 5.41) is 2.82. The van der Waals surface area contributed by atoms with Crippen molar-refractivity contribution >= 4 is 11.9 Å². The molecule has 138 valence electrons. The van der Waals surface area contributed by atoms with E-state index in [1.807, 2.05) is 0 Å². The lowest BCUT2D eigenvalue weighted by molar-refractivity contribution is -0.148. The van der Waals surface area contributed by atoms with Crippen molar-refractivity contribution < 1.29 is 27.5 Å². The number of benzene rings is 1. The molecule has 0 radical (unpaired) electrons. The van der Waals surface area contributed by atoms with E-state index in [9.17, 15) is 22.8 Å². The molecule has 1 aliphatic carbocycles. The number of amides is 1. The Morgan fingerprint density at radius 1 is 1.20 bits per heavy atom. The molecule has 0 atom stereocenters. The van der Waals surface area contributed by atoms with Crippen LogP contribution in [-0.4, -0.2) is 24.5 Å². The summed E-state index contributed by atoms with van der Waals surface area (Å²) in [5.74, 6) is -0.442. The highest BCUT2D eigenvalue weighted by molar-refractivity contribution is 5.81. The van der Waals surface area contributed by atoms with Gasteiger partial charge >= 0.3 is 12.1 Å². The number of carbonyl (C=O) groups excluding carboxylic acids is 2. The molecule has 0 aliphatic heterocycles. The van der Waals surface area contributed by atoms with E-state index in [1.54, 1.807) is 0 Å². The minimum absolute atomic E-state index is 0.103. The molecule has 0 aromatic heterocycles. The summed E-state index contributed by atoms with van der Waals surface area (Å²) in [7, 11) is 0. The van der Waals surface area contributed by atoms with E-state index in [2.05, 4.69) is 12.2 Å². The van der Waals surface area contributed by atoms with E-state index >= 15 is 0 Å². The zero-order chi connectivity index (χ0) is 18.4. The zero-order valence-corrected chi connectivity index (χ0v) is 14.1. The van der Waals surface area contributed by atoms with Crippen molar-refractivity contribution in [1.29, 1.82) is 0 Å². The van der Waals surface area contributed by atoms with Crippen molar-refractivity contribution in [2.75, 3.05) is 6.61 Å². The van der Waals surface area contributed by atoms with Crippen LogP contribution < -0.4 is 5.32 Å². The first-order chi connectivity index (χ1) is 11.7. The number of alkyl halides is 3. The van der Waals surface area contributed by atoms with Gasteiger partial charge in [-0.3, -0.25) is 9.59 Å². The third-order valence-electron chi connectivity index (χ3n) is 4.35. The number of hydrogen-bond donors (Lipinski definition) is 1. The summed E-state index contributed by atoms with van der Waals surface area (Å²) in [6.45, 7) is 1.76. The van der Waals surface area contributed by atoms with Crippen LogP contribution in [0, 0.1) is 5.92 Å². The van der Waals surface area contributed by atoms with Crippen LogP contribution in [0.25, 0.3) is 0 Å². The second-order valence-corrected chi connectivity index (χ2v) is 6.56. The van der Waals surface area contributed by atoms with Gasteiger partial charge in [-0.15, -0.1) is 0 Å². The average molecular weight is 357 g/mol. The van der Waals surface area contributed by atoms with Crippen LogP contribution in [0.3, 0.4) is 0 Å². The van der Waals surface area contributed by atoms with Gasteiger partial charge in [-0.2, -0.15) is 13.2 Å². The Bertz CT molecular complexity index is 608. The molecule has 2 rings (SSSR count). The number of hydrogen-bond acceptors (Lipinski definition) is 3. The SMILES string of the molecule is CC1CCC(NC(=O)COC(=O)Cc2cccc(C(F)(F)F)c2)CC1. The van der Waals surface area contributed by atoms with Crippen LogP contribution >= 0.6 is 0 Å². The van der Waals surface area contributed by atoms with Crippen LogP contribution in [0.1, 0.15) is 43.7 Å². The largest absolute Gasteiger partial charge is 0.455 e. The molecular weight excluding hydrogens is 335 g/mol. The first kappa shape index (κ1) is 19.3. The first-order valence-corrected chi connectivity index (χ1v) is 8.35. The summed E-state index contributed by atoms with van der Waals surface area (Å²) < 4.78 is 42.8. The molecule has 0 heterocycles. The Kier molecular flexibility index (Phi) is 6.45. The third kappa shape index (κ3) is 6.40. The Morgan fingerprint density at radius 3 is 2.52 bits per heavy atom. The van der Waals surface area contributed by atoms with Crippen molar-refractivity contribution in [3.05, 3.63) is 35.4 Å². The van der Waals surface area contributed by atoms with Crippen LogP contribution in [-0.2, 0) is 26.9 Å². The maximum atomic E-state index is 12.6. The molecule has 7 heteroatoms. The molecule has 1 aromatic carbocycles. The smallest absolute Gasteiger partial charge is 0.416 e. The minimum Gasteiger partial charge on any atom is -0.455 e. The van der Waals surface area contributed by atoms with Gasteiger partial charge in [-0.1, -0.05) is 25.1 Å². The molecule has 25 heavy (non-hydrogen) atoms. The van der Waals surface area contributed by atoms with Gasteiger partial charge in [0.15, 0.2) is 6.61 Å². The topological polar surface area (TPSA) is 55.4 Å². The van der Waals surface area contributed by atoms with Gasteiger partial charge in [0.05, 0.1) is 12.0 Å². The van der Waals surface area contributed by atoms with Crippen LogP contribution in [0.5, 0.6) is 0 Å². The highest BCUT2D eigenvalue weighted by Crippen LogP contribution is 2.29. The van der Waals surface area contributed by atoms with Gasteiger partial charge in [0, 0.05) is 6.04 Å². The second-order valence-electron chi connectivity index (χ2n) is 6.56. The van der Waals surface area contributed by atoms with E-state index in [-0.39, 0.29) is 23.9 Å². The zero-order valence-electron chi connectivity index (χ0n) is 14.1. The van der Waals surface area contributed by atoms with E-state index in [0.717, 1.165) is 37.8 Å². The lowest BCUT2D eigenvalue weighted by Crippen LogP contribution is -2.39. The van der Waals surface area contributed by atoms with Gasteiger partial charge in [0.25, 0.3) is 5.91 Å². The van der Waals surface area contributed by atoms with Gasteiger partial charge in [-0.25, -0.2) is 0 Å². The Balaban J connectivity index is 1.76. The van der Waals surface area contributed by atoms with Crippen molar-refractivity contribution in [2.45, 2.75) is 51.2 Å². The predicted octanol–water partition coefficient (Wildman–Crippen LogP) is 3.49. The third-order valence-corrected chi connectivity index (χ3v) is 4.35. The first-order valence-electron chi connectivity index (χ1n) is 8.35. The molecule has 1 fully saturated rings. The van der Waals surface area contributed by atoms with E-state index < -0.39 is 24.3 Å². The maximum absolute atomic E-state index is 12.6. The van der Waals surface area contributed by atoms with Gasteiger partial charge < -0.3 is 10.1 Å². The molecule has 0 spiro atoms. The molecule has 1 aromatic rings. The van der Waals surface area contributed by atoms with Crippen LogP contribution in [0.4, 0.5) is 13.2 Å². The molecule has 4 nitrogen and oxygen atoms in total. The number of nitrogens with one attached hydrogen (secondary N) is 1.